The van der Waals surface area contributed by atoms with Crippen LogP contribution in [0.5, 0.6) is 11.5 Å². The molecule has 3 rings (SSSR count). The summed E-state index contributed by atoms with van der Waals surface area (Å²) in [5.74, 6) is 1.91. The quantitative estimate of drug-likeness (QED) is 0.482. The summed E-state index contributed by atoms with van der Waals surface area (Å²) >= 11 is 0. The topological polar surface area (TPSA) is 101 Å². The predicted molar refractivity (Wildman–Crippen MR) is 122 cm³/mol. The van der Waals surface area contributed by atoms with Crippen molar-refractivity contribution in [2.24, 2.45) is 4.99 Å². The molecule has 2 aromatic carbocycles. The fourth-order valence-electron chi connectivity index (χ4n) is 3.11. The zero-order chi connectivity index (χ0) is 22.5. The lowest BCUT2D eigenvalue weighted by Crippen LogP contribution is -2.41. The predicted octanol–water partition coefficient (Wildman–Crippen LogP) is 3.11. The van der Waals surface area contributed by atoms with E-state index in [1.807, 2.05) is 45.0 Å². The molecule has 8 nitrogen and oxygen atoms in total. The van der Waals surface area contributed by atoms with Crippen LogP contribution < -0.4 is 24.8 Å². The number of benzene rings is 2. The highest BCUT2D eigenvalue weighted by molar-refractivity contribution is 7.89. The van der Waals surface area contributed by atoms with Gasteiger partial charge in [-0.1, -0.05) is 18.2 Å². The van der Waals surface area contributed by atoms with Crippen molar-refractivity contribution >= 4 is 21.7 Å². The molecule has 9 heteroatoms. The Morgan fingerprint density at radius 2 is 1.77 bits per heavy atom. The zero-order valence-corrected chi connectivity index (χ0v) is 19.2. The van der Waals surface area contributed by atoms with Crippen LogP contribution in [0.3, 0.4) is 0 Å². The molecule has 0 unspecified atom stereocenters. The van der Waals surface area contributed by atoms with Crippen molar-refractivity contribution in [1.82, 2.24) is 10.0 Å². The summed E-state index contributed by atoms with van der Waals surface area (Å²) < 4.78 is 39.7. The monoisotopic (exact) mass is 446 g/mol. The third-order valence-corrected chi connectivity index (χ3v) is 6.24. The number of rotatable bonds is 5. The lowest BCUT2D eigenvalue weighted by molar-refractivity contribution is 0.297. The van der Waals surface area contributed by atoms with Gasteiger partial charge in [0.1, 0.15) is 0 Å². The van der Waals surface area contributed by atoms with Crippen molar-refractivity contribution in [3.8, 4) is 11.5 Å². The molecule has 0 fully saturated rings. The Morgan fingerprint density at radius 1 is 1.06 bits per heavy atom. The number of hydrogen-bond acceptors (Lipinski definition) is 5. The average molecular weight is 447 g/mol. The highest BCUT2D eigenvalue weighted by atomic mass is 32.2. The van der Waals surface area contributed by atoms with Crippen molar-refractivity contribution in [3.05, 3.63) is 48.0 Å². The average Bonchev–Trinajstić information content (AvgIpc) is 2.94. The second-order valence-electron chi connectivity index (χ2n) is 8.23. The summed E-state index contributed by atoms with van der Waals surface area (Å²) in [5.41, 5.74) is 0.849. The molecule has 0 spiro atoms. The van der Waals surface area contributed by atoms with E-state index in [0.717, 1.165) is 17.9 Å². The third-order valence-electron chi connectivity index (χ3n) is 4.38. The highest BCUT2D eigenvalue weighted by Crippen LogP contribution is 2.32. The maximum atomic E-state index is 12.8. The molecule has 1 heterocycles. The number of nitrogens with zero attached hydrogens (tertiary/aromatic N) is 1. The van der Waals surface area contributed by atoms with Crippen molar-refractivity contribution in [2.45, 2.75) is 44.2 Å². The Balaban J connectivity index is 1.72. The number of anilines is 1. The Labute approximate surface area is 184 Å². The summed E-state index contributed by atoms with van der Waals surface area (Å²) in [6, 6.07) is 12.5. The minimum absolute atomic E-state index is 0.239. The number of sulfonamides is 1. The van der Waals surface area contributed by atoms with Gasteiger partial charge in [0.05, 0.1) is 18.1 Å². The lowest BCUT2D eigenvalue weighted by Gasteiger charge is -2.22. The van der Waals surface area contributed by atoms with Crippen molar-refractivity contribution in [1.29, 1.82) is 0 Å². The minimum Gasteiger partial charge on any atom is -0.490 e. The van der Waals surface area contributed by atoms with E-state index in [1.165, 1.54) is 0 Å². The molecule has 0 saturated heterocycles. The van der Waals surface area contributed by atoms with Gasteiger partial charge in [-0.3, -0.25) is 4.99 Å². The maximum absolute atomic E-state index is 12.8. The van der Waals surface area contributed by atoms with Crippen molar-refractivity contribution in [2.75, 3.05) is 25.6 Å². The Bertz CT molecular complexity index is 1050. The van der Waals surface area contributed by atoms with Crippen LogP contribution in [0, 0.1) is 0 Å². The van der Waals surface area contributed by atoms with Crippen LogP contribution in [-0.2, 0) is 16.6 Å². The molecule has 3 N–H and O–H groups in total. The fourth-order valence-corrected chi connectivity index (χ4v) is 4.77. The van der Waals surface area contributed by atoms with Gasteiger partial charge in [-0.2, -0.15) is 0 Å². The van der Waals surface area contributed by atoms with E-state index in [-0.39, 0.29) is 11.4 Å². The standard InChI is InChI=1S/C22H30N4O4S/c1-22(2,3)26-31(27,28)20-9-6-5-8-16(20)15-24-21(23-4)25-17-10-11-18-19(14-17)30-13-7-12-29-18/h5-6,8-11,14,26H,7,12-13,15H2,1-4H3,(H2,23,24,25). The second-order valence-corrected chi connectivity index (χ2v) is 9.88. The van der Waals surface area contributed by atoms with Crippen LogP contribution in [0.1, 0.15) is 32.8 Å². The molecule has 0 saturated carbocycles. The molecule has 0 amide bonds. The van der Waals surface area contributed by atoms with E-state index in [1.54, 1.807) is 25.2 Å². The van der Waals surface area contributed by atoms with Crippen LogP contribution >= 0.6 is 0 Å². The van der Waals surface area contributed by atoms with Crippen LogP contribution in [0.25, 0.3) is 0 Å². The number of ether oxygens (including phenoxy) is 2. The van der Waals surface area contributed by atoms with Crippen LogP contribution in [0.15, 0.2) is 52.4 Å². The number of hydrogen-bond donors (Lipinski definition) is 3. The Morgan fingerprint density at radius 3 is 2.48 bits per heavy atom. The number of aliphatic imine (C=N–C) groups is 1. The normalized spacial score (nSPS) is 14.6. The van der Waals surface area contributed by atoms with Crippen LogP contribution in [0.2, 0.25) is 0 Å². The van der Waals surface area contributed by atoms with Crippen LogP contribution in [-0.4, -0.2) is 40.2 Å². The summed E-state index contributed by atoms with van der Waals surface area (Å²) in [7, 11) is -2.00. The smallest absolute Gasteiger partial charge is 0.241 e. The van der Waals surface area contributed by atoms with E-state index in [2.05, 4.69) is 20.3 Å². The van der Waals surface area contributed by atoms with E-state index in [4.69, 9.17) is 9.47 Å². The van der Waals surface area contributed by atoms with E-state index in [9.17, 15) is 8.42 Å². The Hall–Kier alpha value is -2.78. The van der Waals surface area contributed by atoms with Gasteiger partial charge in [-0.05, 0) is 44.5 Å². The first-order valence-electron chi connectivity index (χ1n) is 10.2. The zero-order valence-electron chi connectivity index (χ0n) is 18.4. The SMILES string of the molecule is CN=C(NCc1ccccc1S(=O)(=O)NC(C)(C)C)Nc1ccc2c(c1)OCCCO2. The molecular weight excluding hydrogens is 416 g/mol. The maximum Gasteiger partial charge on any atom is 0.241 e. The first-order valence-corrected chi connectivity index (χ1v) is 11.7. The van der Waals surface area contributed by atoms with Gasteiger partial charge in [0, 0.05) is 37.3 Å². The third kappa shape index (κ3) is 6.35. The van der Waals surface area contributed by atoms with Gasteiger partial charge in [0.15, 0.2) is 17.5 Å². The van der Waals surface area contributed by atoms with Gasteiger partial charge in [-0.15, -0.1) is 0 Å². The summed E-state index contributed by atoms with van der Waals surface area (Å²) in [6.45, 7) is 6.96. The molecule has 0 aromatic heterocycles. The molecule has 31 heavy (non-hydrogen) atoms. The Kier molecular flexibility index (Phi) is 7.07. The van der Waals surface area contributed by atoms with E-state index < -0.39 is 15.6 Å². The first-order chi connectivity index (χ1) is 14.7. The van der Waals surface area contributed by atoms with Gasteiger partial charge < -0.3 is 20.1 Å². The van der Waals surface area contributed by atoms with E-state index >= 15 is 0 Å². The largest absolute Gasteiger partial charge is 0.490 e. The molecule has 0 aliphatic carbocycles. The van der Waals surface area contributed by atoms with Gasteiger partial charge in [0.2, 0.25) is 10.0 Å². The fraction of sp³-hybridized carbons (Fsp3) is 0.409. The molecule has 168 valence electrons. The number of fused-ring (bicyclic) bond motifs is 1. The van der Waals surface area contributed by atoms with Gasteiger partial charge >= 0.3 is 0 Å². The molecule has 0 atom stereocenters. The molecule has 0 bridgehead atoms. The minimum atomic E-state index is -3.66. The van der Waals surface area contributed by atoms with Gasteiger partial charge in [-0.25, -0.2) is 13.1 Å². The lowest BCUT2D eigenvalue weighted by atomic mass is 10.1. The molecule has 0 radical (unpaired) electrons. The number of nitrogens with one attached hydrogen (secondary N) is 3. The van der Waals surface area contributed by atoms with Crippen LogP contribution in [0.4, 0.5) is 5.69 Å². The van der Waals surface area contributed by atoms with Gasteiger partial charge in [0.25, 0.3) is 0 Å². The molecule has 1 aliphatic heterocycles. The molecule has 1 aliphatic rings. The number of guanidine groups is 1. The highest BCUT2D eigenvalue weighted by Gasteiger charge is 2.24. The van der Waals surface area contributed by atoms with Crippen molar-refractivity contribution < 1.29 is 17.9 Å². The summed E-state index contributed by atoms with van der Waals surface area (Å²) in [4.78, 5) is 4.48. The molecular formula is C22H30N4O4S. The summed E-state index contributed by atoms with van der Waals surface area (Å²) in [5, 5.41) is 6.38. The van der Waals surface area contributed by atoms with E-state index in [0.29, 0.717) is 30.5 Å². The summed E-state index contributed by atoms with van der Waals surface area (Å²) in [6.07, 6.45) is 0.840. The first kappa shape index (κ1) is 22.9. The second kappa shape index (κ2) is 9.57. The molecule has 2 aromatic rings. The van der Waals surface area contributed by atoms with Crippen molar-refractivity contribution in [3.63, 3.8) is 0 Å².